The van der Waals surface area contributed by atoms with Crippen molar-refractivity contribution in [1.29, 1.82) is 0 Å². The summed E-state index contributed by atoms with van der Waals surface area (Å²) in [5, 5.41) is 0. The lowest BCUT2D eigenvalue weighted by Gasteiger charge is -2.07. The largest absolute Gasteiger partial charge is 0.250 e. The minimum atomic E-state index is -3.46. The van der Waals surface area contributed by atoms with E-state index in [1.54, 1.807) is 30.3 Å². The lowest BCUT2D eigenvalue weighted by Crippen LogP contribution is -2.16. The van der Waals surface area contributed by atoms with Gasteiger partial charge in [0.25, 0.3) is 0 Å². The highest BCUT2D eigenvalue weighted by Crippen LogP contribution is 2.21. The molecule has 0 heterocycles. The van der Waals surface area contributed by atoms with Crippen molar-refractivity contribution in [2.24, 2.45) is 0 Å². The number of nitrogens with one attached hydrogen (secondary N) is 1. The quantitative estimate of drug-likeness (QED) is 0.875. The molecule has 2 aromatic carbocycles. The fraction of sp³-hybridized carbons (Fsp3) is 0.0769. The van der Waals surface area contributed by atoms with Crippen LogP contribution < -0.4 is 4.13 Å². The van der Waals surface area contributed by atoms with Crippen LogP contribution in [0.15, 0.2) is 64.4 Å². The maximum absolute atomic E-state index is 12.0. The summed E-state index contributed by atoms with van der Waals surface area (Å²) in [6.45, 7) is 1.94. The van der Waals surface area contributed by atoms with Crippen LogP contribution in [0.1, 0.15) is 5.56 Å². The molecule has 0 saturated heterocycles. The Balaban J connectivity index is 2.14. The topological polar surface area (TPSA) is 46.2 Å². The molecule has 0 radical (unpaired) electrons. The number of hydrogen-bond acceptors (Lipinski definition) is 3. The summed E-state index contributed by atoms with van der Waals surface area (Å²) in [6.07, 6.45) is 0. The second-order valence-electron chi connectivity index (χ2n) is 3.77. The predicted octanol–water partition coefficient (Wildman–Crippen LogP) is 2.98. The van der Waals surface area contributed by atoms with Gasteiger partial charge >= 0.3 is 0 Å². The summed E-state index contributed by atoms with van der Waals surface area (Å²) in [4.78, 5) is 1.17. The average molecular weight is 279 g/mol. The molecule has 0 amide bonds. The van der Waals surface area contributed by atoms with E-state index in [2.05, 4.69) is 4.13 Å². The highest BCUT2D eigenvalue weighted by Gasteiger charge is 2.13. The number of aryl methyl sites for hydroxylation is 1. The molecule has 0 spiro atoms. The lowest BCUT2D eigenvalue weighted by molar-refractivity contribution is 0.594. The van der Waals surface area contributed by atoms with Crippen molar-refractivity contribution in [3.8, 4) is 0 Å². The molecule has 0 aliphatic heterocycles. The minimum Gasteiger partial charge on any atom is -0.206 e. The third-order valence-electron chi connectivity index (χ3n) is 2.41. The first-order valence-corrected chi connectivity index (χ1v) is 7.69. The molecule has 3 nitrogen and oxygen atoms in total. The third-order valence-corrected chi connectivity index (χ3v) is 5.19. The lowest BCUT2D eigenvalue weighted by atomic mass is 10.2. The van der Waals surface area contributed by atoms with Crippen LogP contribution >= 0.6 is 11.9 Å². The summed E-state index contributed by atoms with van der Waals surface area (Å²) < 4.78 is 26.5. The molecule has 0 unspecified atom stereocenters. The Hall–Kier alpha value is -1.30. The van der Waals surface area contributed by atoms with Gasteiger partial charge in [0.15, 0.2) is 0 Å². The van der Waals surface area contributed by atoms with Crippen molar-refractivity contribution >= 4 is 22.0 Å². The molecule has 1 N–H and O–H groups in total. The monoisotopic (exact) mass is 279 g/mol. The summed E-state index contributed by atoms with van der Waals surface area (Å²) in [5.74, 6) is 0. The number of hydrogen-bond donors (Lipinski definition) is 1. The van der Waals surface area contributed by atoms with E-state index >= 15 is 0 Å². The highest BCUT2D eigenvalue weighted by molar-refractivity contribution is 8.09. The zero-order valence-electron chi connectivity index (χ0n) is 9.83. The second-order valence-corrected chi connectivity index (χ2v) is 6.56. The van der Waals surface area contributed by atoms with Gasteiger partial charge in [-0.3, -0.25) is 0 Å². The molecule has 0 bridgehead atoms. The number of benzene rings is 2. The molecule has 0 aliphatic carbocycles. The zero-order chi connectivity index (χ0) is 13.0. The molecule has 0 aromatic heterocycles. The SMILES string of the molecule is Cc1ccccc1SNS(=O)(=O)c1ccccc1. The Morgan fingerprint density at radius 3 is 2.22 bits per heavy atom. The number of sulfonamides is 1. The molecular formula is C13H13NO2S2. The van der Waals surface area contributed by atoms with Crippen molar-refractivity contribution in [2.75, 3.05) is 0 Å². The van der Waals surface area contributed by atoms with Gasteiger partial charge < -0.3 is 0 Å². The normalized spacial score (nSPS) is 11.4. The van der Waals surface area contributed by atoms with Crippen molar-refractivity contribution in [3.63, 3.8) is 0 Å². The maximum atomic E-state index is 12.0. The smallest absolute Gasteiger partial charge is 0.206 e. The fourth-order valence-electron chi connectivity index (χ4n) is 1.42. The van der Waals surface area contributed by atoms with E-state index in [0.29, 0.717) is 0 Å². The molecule has 94 valence electrons. The molecular weight excluding hydrogens is 266 g/mol. The van der Waals surface area contributed by atoms with Gasteiger partial charge in [-0.1, -0.05) is 36.4 Å². The zero-order valence-corrected chi connectivity index (χ0v) is 11.5. The van der Waals surface area contributed by atoms with Crippen LogP contribution in [0, 0.1) is 6.92 Å². The van der Waals surface area contributed by atoms with Crippen molar-refractivity contribution < 1.29 is 8.42 Å². The first kappa shape index (κ1) is 13.1. The third kappa shape index (κ3) is 3.13. The highest BCUT2D eigenvalue weighted by atomic mass is 32.3. The van der Waals surface area contributed by atoms with Gasteiger partial charge in [-0.15, -0.1) is 4.13 Å². The molecule has 2 rings (SSSR count). The van der Waals surface area contributed by atoms with Gasteiger partial charge in [0.05, 0.1) is 4.90 Å². The molecule has 0 atom stereocenters. The summed E-state index contributed by atoms with van der Waals surface area (Å²) >= 11 is 1.11. The van der Waals surface area contributed by atoms with Crippen LogP contribution in [0.25, 0.3) is 0 Å². The van der Waals surface area contributed by atoms with E-state index in [-0.39, 0.29) is 4.90 Å². The fourth-order valence-corrected chi connectivity index (χ4v) is 3.49. The maximum Gasteiger partial charge on any atom is 0.250 e. The van der Waals surface area contributed by atoms with E-state index in [4.69, 9.17) is 0 Å². The van der Waals surface area contributed by atoms with Gasteiger partial charge in [0.1, 0.15) is 0 Å². The van der Waals surface area contributed by atoms with Crippen LogP contribution in [-0.4, -0.2) is 8.42 Å². The number of rotatable bonds is 4. The van der Waals surface area contributed by atoms with Gasteiger partial charge in [-0.25, -0.2) is 8.42 Å². The average Bonchev–Trinajstić information content (AvgIpc) is 2.39. The minimum absolute atomic E-state index is 0.270. The Labute approximate surface area is 111 Å². The molecule has 2 aromatic rings. The molecule has 0 aliphatic rings. The van der Waals surface area contributed by atoms with Crippen LogP contribution in [0.2, 0.25) is 0 Å². The molecule has 0 fully saturated rings. The van der Waals surface area contributed by atoms with Crippen molar-refractivity contribution in [2.45, 2.75) is 16.7 Å². The van der Waals surface area contributed by atoms with Crippen molar-refractivity contribution in [1.82, 2.24) is 4.13 Å². The predicted molar refractivity (Wildman–Crippen MR) is 73.8 cm³/mol. The van der Waals surface area contributed by atoms with Crippen LogP contribution in [0.5, 0.6) is 0 Å². The Kier molecular flexibility index (Phi) is 4.06. The Morgan fingerprint density at radius 1 is 0.944 bits per heavy atom. The first-order valence-electron chi connectivity index (χ1n) is 5.39. The summed E-state index contributed by atoms with van der Waals surface area (Å²) in [7, 11) is -3.46. The standard InChI is InChI=1S/C13H13NO2S2/c1-11-7-5-6-10-13(11)17-14-18(15,16)12-8-3-2-4-9-12/h2-10,14H,1H3. The van der Waals surface area contributed by atoms with E-state index in [0.717, 1.165) is 22.4 Å². The van der Waals surface area contributed by atoms with Crippen LogP contribution in [0.3, 0.4) is 0 Å². The Morgan fingerprint density at radius 2 is 1.56 bits per heavy atom. The van der Waals surface area contributed by atoms with Crippen molar-refractivity contribution in [3.05, 3.63) is 60.2 Å². The van der Waals surface area contributed by atoms with Gasteiger partial charge in [-0.2, -0.15) is 0 Å². The van der Waals surface area contributed by atoms with E-state index in [9.17, 15) is 8.42 Å². The van der Waals surface area contributed by atoms with Gasteiger partial charge in [0.2, 0.25) is 10.0 Å². The van der Waals surface area contributed by atoms with E-state index < -0.39 is 10.0 Å². The Bertz CT molecular complexity index is 624. The van der Waals surface area contributed by atoms with Crippen LogP contribution in [-0.2, 0) is 10.0 Å². The first-order chi connectivity index (χ1) is 8.59. The summed E-state index contributed by atoms with van der Waals surface area (Å²) in [5.41, 5.74) is 1.04. The summed E-state index contributed by atoms with van der Waals surface area (Å²) in [6, 6.07) is 16.0. The van der Waals surface area contributed by atoms with E-state index in [1.807, 2.05) is 31.2 Å². The molecule has 18 heavy (non-hydrogen) atoms. The van der Waals surface area contributed by atoms with Crippen LogP contribution in [0.4, 0.5) is 0 Å². The van der Waals surface area contributed by atoms with E-state index in [1.165, 1.54) is 0 Å². The molecule has 0 saturated carbocycles. The second kappa shape index (κ2) is 5.56. The molecule has 5 heteroatoms. The van der Waals surface area contributed by atoms with Gasteiger partial charge in [-0.05, 0) is 42.6 Å². The van der Waals surface area contributed by atoms with Gasteiger partial charge in [0, 0.05) is 4.90 Å².